The van der Waals surface area contributed by atoms with Crippen LogP contribution >= 0.6 is 11.8 Å². The van der Waals surface area contributed by atoms with Gasteiger partial charge in [-0.1, -0.05) is 12.5 Å². The van der Waals surface area contributed by atoms with Gasteiger partial charge in [0.1, 0.15) is 5.69 Å². The fourth-order valence-electron chi connectivity index (χ4n) is 2.85. The molecule has 27 heavy (non-hydrogen) atoms. The highest BCUT2D eigenvalue weighted by Gasteiger charge is 2.42. The van der Waals surface area contributed by atoms with Crippen molar-refractivity contribution in [2.24, 2.45) is 5.11 Å². The Balaban J connectivity index is 0.000000208. The molecule has 144 valence electrons. The second-order valence-electron chi connectivity index (χ2n) is 5.97. The maximum Gasteiger partial charge on any atom is 0.315 e. The van der Waals surface area contributed by atoms with Gasteiger partial charge >= 0.3 is 12.0 Å². The Bertz CT molecular complexity index is 725. The number of pyridine rings is 1. The molecule has 0 radical (unpaired) electrons. The SMILES string of the molecule is O=C(O)CCCC[C@@H]1SC[C@@H]2NC(=O)N[C@@H]21.[N-]=[N+]=NC(=O)c1ccccn1. The molecular weight excluding hydrogens is 372 g/mol. The molecule has 0 saturated carbocycles. The van der Waals surface area contributed by atoms with E-state index < -0.39 is 11.9 Å². The van der Waals surface area contributed by atoms with Gasteiger partial charge in [0, 0.05) is 28.5 Å². The number of carbonyl (C=O) groups excluding carboxylic acids is 2. The molecule has 2 fully saturated rings. The van der Waals surface area contributed by atoms with Gasteiger partial charge in [0.25, 0.3) is 5.91 Å². The summed E-state index contributed by atoms with van der Waals surface area (Å²) in [6.45, 7) is 0. The van der Waals surface area contributed by atoms with Gasteiger partial charge in [-0.05, 0) is 35.6 Å². The van der Waals surface area contributed by atoms with Crippen LogP contribution in [0.15, 0.2) is 29.5 Å². The quantitative estimate of drug-likeness (QED) is 0.222. The van der Waals surface area contributed by atoms with Crippen LogP contribution in [0.1, 0.15) is 36.2 Å². The molecule has 3 atom stereocenters. The highest BCUT2D eigenvalue weighted by molar-refractivity contribution is 8.00. The Kier molecular flexibility index (Phi) is 7.90. The molecule has 11 heteroatoms. The molecule has 2 aliphatic heterocycles. The lowest BCUT2D eigenvalue weighted by Gasteiger charge is -2.16. The van der Waals surface area contributed by atoms with Gasteiger partial charge in [0.2, 0.25) is 0 Å². The van der Waals surface area contributed by atoms with E-state index in [9.17, 15) is 14.4 Å². The van der Waals surface area contributed by atoms with E-state index in [4.69, 9.17) is 10.6 Å². The number of fused-ring (bicyclic) bond motifs is 1. The maximum absolute atomic E-state index is 11.1. The highest BCUT2D eigenvalue weighted by atomic mass is 32.2. The second-order valence-corrected chi connectivity index (χ2v) is 7.24. The summed E-state index contributed by atoms with van der Waals surface area (Å²) in [6, 6.07) is 5.24. The number of urea groups is 1. The minimum atomic E-state index is -0.729. The Hall–Kier alpha value is -2.78. The summed E-state index contributed by atoms with van der Waals surface area (Å²) in [5, 5.41) is 17.7. The molecule has 3 amide bonds. The van der Waals surface area contributed by atoms with Crippen LogP contribution in [-0.2, 0) is 4.79 Å². The zero-order chi connectivity index (χ0) is 19.6. The van der Waals surface area contributed by atoms with E-state index in [1.807, 2.05) is 11.8 Å². The number of aliphatic carboxylic acids is 1. The molecule has 3 rings (SSSR count). The Morgan fingerprint density at radius 3 is 2.85 bits per heavy atom. The summed E-state index contributed by atoms with van der Waals surface area (Å²) in [5.41, 5.74) is 8.07. The highest BCUT2D eigenvalue weighted by Crippen LogP contribution is 2.33. The molecule has 1 aromatic rings. The van der Waals surface area contributed by atoms with Crippen molar-refractivity contribution < 1.29 is 19.5 Å². The van der Waals surface area contributed by atoms with Gasteiger partial charge in [0.05, 0.1) is 12.1 Å². The van der Waals surface area contributed by atoms with Crippen molar-refractivity contribution in [1.29, 1.82) is 0 Å². The summed E-state index contributed by atoms with van der Waals surface area (Å²) in [6.07, 6.45) is 4.34. The molecule has 1 aromatic heterocycles. The fraction of sp³-hybridized carbons (Fsp3) is 0.500. The zero-order valence-corrected chi connectivity index (χ0v) is 15.3. The van der Waals surface area contributed by atoms with E-state index in [1.54, 1.807) is 12.1 Å². The number of hydrogen-bond donors (Lipinski definition) is 3. The van der Waals surface area contributed by atoms with E-state index in [2.05, 4.69) is 25.6 Å². The number of thioether (sulfide) groups is 1. The molecule has 3 heterocycles. The minimum absolute atomic E-state index is 0.0640. The standard InChI is InChI=1S/C10H16N2O3S.C6H4N4O/c13-8(14)4-2-1-3-7-9-6(5-16-7)11-10(15)12-9;7-10-9-6(11)5-3-1-2-4-8-5/h6-7,9H,1-5H2,(H,13,14)(H2,11,12,15);1-4H/t6-,7-,9-;/m0./s1. The zero-order valence-electron chi connectivity index (χ0n) is 14.4. The molecular formula is C16H20N6O4S. The van der Waals surface area contributed by atoms with Gasteiger partial charge in [0.15, 0.2) is 0 Å². The number of nitrogens with one attached hydrogen (secondary N) is 2. The predicted octanol–water partition coefficient (Wildman–Crippen LogP) is 2.33. The van der Waals surface area contributed by atoms with E-state index >= 15 is 0 Å². The minimum Gasteiger partial charge on any atom is -0.481 e. The van der Waals surface area contributed by atoms with Crippen LogP contribution in [0, 0.1) is 0 Å². The fourth-order valence-corrected chi connectivity index (χ4v) is 4.39. The van der Waals surface area contributed by atoms with E-state index in [0.717, 1.165) is 25.0 Å². The first-order chi connectivity index (χ1) is 13.0. The third kappa shape index (κ3) is 6.46. The molecule has 2 saturated heterocycles. The van der Waals surface area contributed by atoms with E-state index in [1.165, 1.54) is 12.3 Å². The lowest BCUT2D eigenvalue weighted by atomic mass is 10.0. The van der Waals surface area contributed by atoms with Gasteiger partial charge in [-0.15, -0.1) is 0 Å². The topological polar surface area (TPSA) is 157 Å². The van der Waals surface area contributed by atoms with Crippen LogP contribution < -0.4 is 10.6 Å². The van der Waals surface area contributed by atoms with Crippen molar-refractivity contribution in [2.45, 2.75) is 43.0 Å². The third-order valence-electron chi connectivity index (χ3n) is 4.09. The summed E-state index contributed by atoms with van der Waals surface area (Å²) in [7, 11) is 0. The number of nitrogens with zero attached hydrogens (tertiary/aromatic N) is 4. The molecule has 10 nitrogen and oxygen atoms in total. The molecule has 3 N–H and O–H groups in total. The van der Waals surface area contributed by atoms with Gasteiger partial charge in [-0.25, -0.2) is 4.79 Å². The predicted molar refractivity (Wildman–Crippen MR) is 99.3 cm³/mol. The number of carbonyl (C=O) groups is 3. The first kappa shape index (κ1) is 20.5. The van der Waals surface area contributed by atoms with Gasteiger partial charge < -0.3 is 15.7 Å². The molecule has 2 aliphatic rings. The van der Waals surface area contributed by atoms with Gasteiger partial charge in [-0.2, -0.15) is 11.8 Å². The molecule has 0 spiro atoms. The molecule has 0 unspecified atom stereocenters. The first-order valence-electron chi connectivity index (χ1n) is 8.42. The van der Waals surface area contributed by atoms with Crippen molar-refractivity contribution in [2.75, 3.05) is 5.75 Å². The number of carboxylic acids is 1. The number of hydrogen-bond acceptors (Lipinski definition) is 5. The Labute approximate surface area is 159 Å². The van der Waals surface area contributed by atoms with Crippen LogP contribution in [0.5, 0.6) is 0 Å². The number of azide groups is 1. The molecule has 0 aromatic carbocycles. The molecule has 0 aliphatic carbocycles. The lowest BCUT2D eigenvalue weighted by Crippen LogP contribution is -2.36. The first-order valence-corrected chi connectivity index (χ1v) is 9.47. The normalized spacial score (nSPS) is 22.4. The van der Waals surface area contributed by atoms with E-state index in [0.29, 0.717) is 5.25 Å². The largest absolute Gasteiger partial charge is 0.481 e. The van der Waals surface area contributed by atoms with E-state index in [-0.39, 0.29) is 30.2 Å². The Morgan fingerprint density at radius 1 is 1.37 bits per heavy atom. The summed E-state index contributed by atoms with van der Waals surface area (Å²) < 4.78 is 0. The van der Waals surface area contributed by atoms with Crippen LogP contribution in [0.3, 0.4) is 0 Å². The number of unbranched alkanes of at least 4 members (excludes halogenated alkanes) is 1. The van der Waals surface area contributed by atoms with Crippen molar-refractivity contribution in [3.05, 3.63) is 40.5 Å². The number of carboxylic acid groups (broad SMARTS) is 1. The Morgan fingerprint density at radius 2 is 2.19 bits per heavy atom. The maximum atomic E-state index is 11.1. The van der Waals surface area contributed by atoms with Crippen LogP contribution in [-0.4, -0.2) is 51.1 Å². The van der Waals surface area contributed by atoms with Gasteiger partial charge in [-0.3, -0.25) is 14.6 Å². The molecule has 0 bridgehead atoms. The van der Waals surface area contributed by atoms with Crippen molar-refractivity contribution >= 4 is 29.7 Å². The number of rotatable bonds is 6. The average Bonchev–Trinajstić information content (AvgIpc) is 3.19. The number of aromatic nitrogens is 1. The van der Waals surface area contributed by atoms with Crippen molar-refractivity contribution in [3.8, 4) is 0 Å². The van der Waals surface area contributed by atoms with Crippen LogP contribution in [0.2, 0.25) is 0 Å². The third-order valence-corrected chi connectivity index (χ3v) is 5.60. The monoisotopic (exact) mass is 392 g/mol. The van der Waals surface area contributed by atoms with Crippen LogP contribution in [0.25, 0.3) is 10.4 Å². The lowest BCUT2D eigenvalue weighted by molar-refractivity contribution is -0.137. The van der Waals surface area contributed by atoms with Crippen molar-refractivity contribution in [3.63, 3.8) is 0 Å². The van der Waals surface area contributed by atoms with Crippen LogP contribution in [0.4, 0.5) is 4.79 Å². The van der Waals surface area contributed by atoms with Crippen molar-refractivity contribution in [1.82, 2.24) is 15.6 Å². The average molecular weight is 392 g/mol. The second kappa shape index (κ2) is 10.4. The summed E-state index contributed by atoms with van der Waals surface area (Å²) in [4.78, 5) is 38.3. The smallest absolute Gasteiger partial charge is 0.315 e. The summed E-state index contributed by atoms with van der Waals surface area (Å²) in [5.74, 6) is -0.423. The number of amides is 3. The summed E-state index contributed by atoms with van der Waals surface area (Å²) >= 11 is 1.87.